The van der Waals surface area contributed by atoms with Gasteiger partial charge in [-0.25, -0.2) is 0 Å². The Morgan fingerprint density at radius 3 is 2.27 bits per heavy atom. The van der Waals surface area contributed by atoms with Gasteiger partial charge in [-0.15, -0.1) is 0 Å². The van der Waals surface area contributed by atoms with Crippen LogP contribution in [0.5, 0.6) is 23.0 Å². The molecule has 3 aliphatic rings. The van der Waals surface area contributed by atoms with E-state index in [2.05, 4.69) is 0 Å². The molecule has 2 saturated heterocycles. The van der Waals surface area contributed by atoms with Crippen LogP contribution in [0.2, 0.25) is 0 Å². The number of methoxy groups -OCH3 is 1. The van der Waals surface area contributed by atoms with Gasteiger partial charge in [0.05, 0.1) is 32.5 Å². The van der Waals surface area contributed by atoms with Gasteiger partial charge in [0, 0.05) is 11.8 Å². The van der Waals surface area contributed by atoms with E-state index in [9.17, 15) is 5.11 Å². The molecule has 0 radical (unpaired) electrons. The number of fused-ring (bicyclic) bond motifs is 2. The monoisotopic (exact) mass is 356 g/mol. The van der Waals surface area contributed by atoms with Crippen LogP contribution in [0.1, 0.15) is 23.3 Å². The first kappa shape index (κ1) is 15.8. The zero-order chi connectivity index (χ0) is 17.7. The van der Waals surface area contributed by atoms with Crippen LogP contribution in [0, 0.1) is 11.8 Å². The molecule has 5 rings (SSSR count). The smallest absolute Gasteiger partial charge is 0.231 e. The maximum absolute atomic E-state index is 9.82. The number of ether oxygens (including phenoxy) is 5. The van der Waals surface area contributed by atoms with Gasteiger partial charge in [0.1, 0.15) is 0 Å². The molecule has 3 aliphatic heterocycles. The summed E-state index contributed by atoms with van der Waals surface area (Å²) in [5, 5.41) is 9.82. The van der Waals surface area contributed by atoms with E-state index in [1.165, 1.54) is 0 Å². The van der Waals surface area contributed by atoms with Crippen LogP contribution >= 0.6 is 0 Å². The zero-order valence-electron chi connectivity index (χ0n) is 14.4. The van der Waals surface area contributed by atoms with Crippen molar-refractivity contribution in [3.63, 3.8) is 0 Å². The second-order valence-electron chi connectivity index (χ2n) is 6.88. The molecule has 4 unspecified atom stereocenters. The van der Waals surface area contributed by atoms with Crippen LogP contribution in [-0.2, 0) is 9.47 Å². The Morgan fingerprint density at radius 2 is 1.54 bits per heavy atom. The van der Waals surface area contributed by atoms with Crippen LogP contribution in [0.15, 0.2) is 36.4 Å². The molecule has 136 valence electrons. The maximum Gasteiger partial charge on any atom is 0.231 e. The number of rotatable bonds is 3. The number of aromatic hydroxyl groups is 1. The van der Waals surface area contributed by atoms with E-state index in [0.717, 1.165) is 22.6 Å². The first-order valence-corrected chi connectivity index (χ1v) is 8.74. The summed E-state index contributed by atoms with van der Waals surface area (Å²) in [4.78, 5) is 0. The summed E-state index contributed by atoms with van der Waals surface area (Å²) < 4.78 is 28.4. The van der Waals surface area contributed by atoms with Crippen LogP contribution in [0.25, 0.3) is 0 Å². The minimum atomic E-state index is -0.0616. The number of hydrogen-bond acceptors (Lipinski definition) is 6. The SMILES string of the molecule is COc1cc(C2OCC3C(c4ccc5c(c4)OCO5)OCC23)ccc1O. The first-order chi connectivity index (χ1) is 12.7. The van der Waals surface area contributed by atoms with Crippen molar-refractivity contribution in [2.24, 2.45) is 11.8 Å². The summed E-state index contributed by atoms with van der Waals surface area (Å²) in [6, 6.07) is 11.4. The number of phenolic OH excluding ortho intramolecular Hbond substituents is 1. The molecule has 0 saturated carbocycles. The lowest BCUT2D eigenvalue weighted by atomic mass is 9.85. The van der Waals surface area contributed by atoms with E-state index in [1.54, 1.807) is 13.2 Å². The predicted octanol–water partition coefficient (Wildman–Crippen LogP) is 3.20. The van der Waals surface area contributed by atoms with Crippen molar-refractivity contribution in [2.45, 2.75) is 12.2 Å². The second-order valence-corrected chi connectivity index (χ2v) is 6.88. The molecule has 1 N–H and O–H groups in total. The Kier molecular flexibility index (Phi) is 3.69. The molecule has 0 aliphatic carbocycles. The summed E-state index contributed by atoms with van der Waals surface area (Å²) in [6.07, 6.45) is -0.0768. The van der Waals surface area contributed by atoms with Crippen LogP contribution in [-0.4, -0.2) is 32.2 Å². The van der Waals surface area contributed by atoms with Gasteiger partial charge in [0.15, 0.2) is 23.0 Å². The van der Waals surface area contributed by atoms with E-state index in [1.807, 2.05) is 30.3 Å². The van der Waals surface area contributed by atoms with E-state index in [-0.39, 0.29) is 36.6 Å². The molecule has 0 bridgehead atoms. The Bertz CT molecular complexity index is 810. The third kappa shape index (κ3) is 2.40. The fourth-order valence-electron chi connectivity index (χ4n) is 4.20. The fraction of sp³-hybridized carbons (Fsp3) is 0.400. The summed E-state index contributed by atoms with van der Waals surface area (Å²) in [5.41, 5.74) is 2.09. The highest BCUT2D eigenvalue weighted by Crippen LogP contribution is 2.51. The Balaban J connectivity index is 1.40. The van der Waals surface area contributed by atoms with Gasteiger partial charge in [-0.1, -0.05) is 12.1 Å². The molecule has 2 aromatic carbocycles. The van der Waals surface area contributed by atoms with Crippen molar-refractivity contribution in [3.8, 4) is 23.0 Å². The lowest BCUT2D eigenvalue weighted by Crippen LogP contribution is -2.14. The summed E-state index contributed by atoms with van der Waals surface area (Å²) in [7, 11) is 1.55. The normalized spacial score (nSPS) is 29.0. The molecule has 2 fully saturated rings. The third-order valence-electron chi connectivity index (χ3n) is 5.52. The Hall–Kier alpha value is -2.44. The minimum absolute atomic E-state index is 0.0153. The summed E-state index contributed by atoms with van der Waals surface area (Å²) in [5.74, 6) is 2.68. The molecule has 2 aromatic rings. The molecular weight excluding hydrogens is 336 g/mol. The summed E-state index contributed by atoms with van der Waals surface area (Å²) >= 11 is 0. The van der Waals surface area contributed by atoms with Gasteiger partial charge in [-0.2, -0.15) is 0 Å². The van der Waals surface area contributed by atoms with E-state index >= 15 is 0 Å². The van der Waals surface area contributed by atoms with Crippen molar-refractivity contribution < 1.29 is 28.8 Å². The predicted molar refractivity (Wildman–Crippen MR) is 91.6 cm³/mol. The number of phenols is 1. The molecule has 3 heterocycles. The Morgan fingerprint density at radius 1 is 0.885 bits per heavy atom. The zero-order valence-corrected chi connectivity index (χ0v) is 14.4. The lowest BCUT2D eigenvalue weighted by molar-refractivity contribution is 0.0191. The van der Waals surface area contributed by atoms with Gasteiger partial charge in [0.2, 0.25) is 6.79 Å². The summed E-state index contributed by atoms with van der Waals surface area (Å²) in [6.45, 7) is 1.54. The van der Waals surface area contributed by atoms with Crippen molar-refractivity contribution in [1.82, 2.24) is 0 Å². The molecule has 4 atom stereocenters. The molecule has 0 spiro atoms. The maximum atomic E-state index is 9.82. The third-order valence-corrected chi connectivity index (χ3v) is 5.52. The fourth-order valence-corrected chi connectivity index (χ4v) is 4.20. The number of benzene rings is 2. The van der Waals surface area contributed by atoms with Gasteiger partial charge < -0.3 is 28.8 Å². The van der Waals surface area contributed by atoms with E-state index < -0.39 is 0 Å². The van der Waals surface area contributed by atoms with E-state index in [0.29, 0.717) is 19.0 Å². The molecule has 26 heavy (non-hydrogen) atoms. The van der Waals surface area contributed by atoms with Crippen LogP contribution in [0.3, 0.4) is 0 Å². The molecule has 0 aromatic heterocycles. The average molecular weight is 356 g/mol. The highest BCUT2D eigenvalue weighted by atomic mass is 16.7. The van der Waals surface area contributed by atoms with Gasteiger partial charge >= 0.3 is 0 Å². The largest absolute Gasteiger partial charge is 0.504 e. The van der Waals surface area contributed by atoms with Crippen molar-refractivity contribution in [1.29, 1.82) is 0 Å². The van der Waals surface area contributed by atoms with Gasteiger partial charge in [-0.05, 0) is 35.4 Å². The standard InChI is InChI=1S/C20H20O6/c1-22-17-6-11(2-4-15(17)21)19-13-8-24-20(14(13)9-23-19)12-3-5-16-18(7-12)26-10-25-16/h2-7,13-14,19-21H,8-10H2,1H3. The Labute approximate surface area is 151 Å². The topological polar surface area (TPSA) is 66.4 Å². The van der Waals surface area contributed by atoms with Crippen LogP contribution in [0.4, 0.5) is 0 Å². The van der Waals surface area contributed by atoms with Crippen LogP contribution < -0.4 is 14.2 Å². The van der Waals surface area contributed by atoms with Gasteiger partial charge in [0.25, 0.3) is 0 Å². The second kappa shape index (κ2) is 6.07. The minimum Gasteiger partial charge on any atom is -0.504 e. The quantitative estimate of drug-likeness (QED) is 0.911. The van der Waals surface area contributed by atoms with Crippen molar-refractivity contribution in [2.75, 3.05) is 27.1 Å². The number of hydrogen-bond donors (Lipinski definition) is 1. The van der Waals surface area contributed by atoms with E-state index in [4.69, 9.17) is 23.7 Å². The first-order valence-electron chi connectivity index (χ1n) is 8.74. The molecular formula is C20H20O6. The molecule has 0 amide bonds. The highest BCUT2D eigenvalue weighted by molar-refractivity contribution is 5.46. The highest BCUT2D eigenvalue weighted by Gasteiger charge is 2.48. The molecule has 6 nitrogen and oxygen atoms in total. The lowest BCUT2D eigenvalue weighted by Gasteiger charge is -2.17. The van der Waals surface area contributed by atoms with Crippen molar-refractivity contribution in [3.05, 3.63) is 47.5 Å². The van der Waals surface area contributed by atoms with Gasteiger partial charge in [-0.3, -0.25) is 0 Å². The van der Waals surface area contributed by atoms with Crippen molar-refractivity contribution >= 4 is 0 Å². The molecule has 6 heteroatoms. The average Bonchev–Trinajstić information content (AvgIpc) is 3.37.